The van der Waals surface area contributed by atoms with Gasteiger partial charge in [-0.1, -0.05) is 6.07 Å². The maximum Gasteiger partial charge on any atom is 0.263 e. The summed E-state index contributed by atoms with van der Waals surface area (Å²) in [7, 11) is 3.17. The van der Waals surface area contributed by atoms with Crippen LogP contribution in [0, 0.1) is 5.82 Å². The average Bonchev–Trinajstić information content (AvgIpc) is 3.15. The first-order valence-electron chi connectivity index (χ1n) is 9.94. The molecule has 0 unspecified atom stereocenters. The molecule has 3 N–H and O–H groups in total. The first kappa shape index (κ1) is 21.6. The van der Waals surface area contributed by atoms with Gasteiger partial charge in [0.2, 0.25) is 0 Å². The van der Waals surface area contributed by atoms with Crippen molar-refractivity contribution in [1.82, 2.24) is 10.3 Å². The number of aromatic nitrogens is 1. The first-order chi connectivity index (χ1) is 15.5. The summed E-state index contributed by atoms with van der Waals surface area (Å²) in [5, 5.41) is 3.65. The number of carbonyl (C=O) groups excluding carboxylic acids is 1. The smallest absolute Gasteiger partial charge is 0.263 e. The summed E-state index contributed by atoms with van der Waals surface area (Å²) in [6, 6.07) is 15.4. The molecule has 1 amide bonds. The zero-order valence-corrected chi connectivity index (χ0v) is 18.5. The lowest BCUT2D eigenvalue weighted by atomic mass is 10.1. The van der Waals surface area contributed by atoms with Gasteiger partial charge in [0.1, 0.15) is 15.5 Å². The summed E-state index contributed by atoms with van der Waals surface area (Å²) in [6.45, 7) is 0.441. The van der Waals surface area contributed by atoms with Crippen LogP contribution in [0.1, 0.15) is 15.2 Å². The van der Waals surface area contributed by atoms with Gasteiger partial charge in [0, 0.05) is 17.5 Å². The van der Waals surface area contributed by atoms with Crippen molar-refractivity contribution < 1.29 is 18.7 Å². The second-order valence-corrected chi connectivity index (χ2v) is 8.10. The number of nitrogens with zero attached hydrogens (tertiary/aromatic N) is 1. The van der Waals surface area contributed by atoms with E-state index in [4.69, 9.17) is 15.2 Å². The Morgan fingerprint density at radius 3 is 2.53 bits per heavy atom. The number of thiophene rings is 1. The fraction of sp³-hybridized carbons (Fsp3) is 0.167. The van der Waals surface area contributed by atoms with Gasteiger partial charge in [-0.05, 0) is 60.5 Å². The highest BCUT2D eigenvalue weighted by Gasteiger charge is 2.17. The molecule has 2 aromatic heterocycles. The van der Waals surface area contributed by atoms with Gasteiger partial charge in [-0.25, -0.2) is 9.37 Å². The van der Waals surface area contributed by atoms with Crippen LogP contribution in [0.5, 0.6) is 11.5 Å². The number of halogens is 1. The molecule has 0 saturated carbocycles. The monoisotopic (exact) mass is 451 g/mol. The minimum Gasteiger partial charge on any atom is -0.493 e. The van der Waals surface area contributed by atoms with Crippen molar-refractivity contribution >= 4 is 33.1 Å². The summed E-state index contributed by atoms with van der Waals surface area (Å²) in [5.41, 5.74) is 9.14. The Morgan fingerprint density at radius 1 is 1.06 bits per heavy atom. The molecule has 6 nitrogen and oxygen atoms in total. The minimum atomic E-state index is -0.303. The van der Waals surface area contributed by atoms with E-state index in [0.717, 1.165) is 16.5 Å². The Hall–Kier alpha value is -3.65. The highest BCUT2D eigenvalue weighted by atomic mass is 32.1. The fourth-order valence-corrected chi connectivity index (χ4v) is 4.39. The van der Waals surface area contributed by atoms with E-state index in [2.05, 4.69) is 10.3 Å². The molecular formula is C24H22FN3O3S. The summed E-state index contributed by atoms with van der Waals surface area (Å²) in [6.07, 6.45) is 0.629. The maximum atomic E-state index is 13.2. The number of amides is 1. The number of rotatable bonds is 7. The average molecular weight is 452 g/mol. The standard InChI is InChI=1S/C24H22FN3O3S/c1-30-19-10-3-14(13-20(19)31-2)11-12-27-23(29)22-21(26)17-8-9-18(28-24(17)32-22)15-4-6-16(25)7-5-15/h3-10,13H,11-12,26H2,1-2H3,(H,27,29). The number of nitrogens with two attached hydrogens (primary N) is 1. The molecule has 0 aliphatic rings. The number of hydrogen-bond donors (Lipinski definition) is 2. The van der Waals surface area contributed by atoms with Crippen LogP contribution in [0.4, 0.5) is 10.1 Å². The molecule has 0 aliphatic carbocycles. The third-order valence-corrected chi connectivity index (χ3v) is 6.20. The highest BCUT2D eigenvalue weighted by Crippen LogP contribution is 2.34. The number of ether oxygens (including phenoxy) is 2. The first-order valence-corrected chi connectivity index (χ1v) is 10.8. The van der Waals surface area contributed by atoms with Crippen LogP contribution < -0.4 is 20.5 Å². The molecule has 4 aromatic rings. The predicted octanol–water partition coefficient (Wildman–Crippen LogP) is 4.67. The molecule has 0 fully saturated rings. The van der Waals surface area contributed by atoms with Crippen LogP contribution in [0.15, 0.2) is 54.6 Å². The van der Waals surface area contributed by atoms with E-state index in [1.54, 1.807) is 26.4 Å². The Kier molecular flexibility index (Phi) is 6.23. The van der Waals surface area contributed by atoms with Crippen LogP contribution in [0.3, 0.4) is 0 Å². The van der Waals surface area contributed by atoms with Crippen LogP contribution in [-0.4, -0.2) is 31.7 Å². The third-order valence-electron chi connectivity index (χ3n) is 5.09. The lowest BCUT2D eigenvalue weighted by molar-refractivity contribution is 0.0959. The van der Waals surface area contributed by atoms with Crippen molar-refractivity contribution in [3.05, 3.63) is 70.9 Å². The molecule has 8 heteroatoms. The molecule has 32 heavy (non-hydrogen) atoms. The number of carbonyl (C=O) groups is 1. The van der Waals surface area contributed by atoms with E-state index in [0.29, 0.717) is 45.6 Å². The van der Waals surface area contributed by atoms with E-state index in [1.807, 2.05) is 30.3 Å². The quantitative estimate of drug-likeness (QED) is 0.426. The number of nitrogen functional groups attached to an aromatic ring is 1. The van der Waals surface area contributed by atoms with Crippen LogP contribution in [0.25, 0.3) is 21.5 Å². The topological polar surface area (TPSA) is 86.5 Å². The zero-order valence-electron chi connectivity index (χ0n) is 17.6. The molecule has 2 heterocycles. The van der Waals surface area contributed by atoms with Crippen molar-refractivity contribution in [1.29, 1.82) is 0 Å². The molecule has 2 aromatic carbocycles. The van der Waals surface area contributed by atoms with Gasteiger partial charge in [0.15, 0.2) is 11.5 Å². The van der Waals surface area contributed by atoms with Crippen molar-refractivity contribution in [2.24, 2.45) is 0 Å². The Labute approximate surface area is 188 Å². The van der Waals surface area contributed by atoms with Crippen LogP contribution >= 0.6 is 11.3 Å². The Balaban J connectivity index is 1.47. The summed E-state index contributed by atoms with van der Waals surface area (Å²) >= 11 is 1.24. The zero-order chi connectivity index (χ0) is 22.7. The SMILES string of the molecule is COc1ccc(CCNC(=O)c2sc3nc(-c4ccc(F)cc4)ccc3c2N)cc1OC. The number of hydrogen-bond acceptors (Lipinski definition) is 6. The predicted molar refractivity (Wildman–Crippen MR) is 125 cm³/mol. The Morgan fingerprint density at radius 2 is 1.81 bits per heavy atom. The summed E-state index contributed by atoms with van der Waals surface area (Å²) in [4.78, 5) is 18.4. The third kappa shape index (κ3) is 4.36. The lowest BCUT2D eigenvalue weighted by Crippen LogP contribution is -2.25. The van der Waals surface area contributed by atoms with Crippen LogP contribution in [0.2, 0.25) is 0 Å². The van der Waals surface area contributed by atoms with Crippen molar-refractivity contribution in [2.45, 2.75) is 6.42 Å². The molecule has 0 radical (unpaired) electrons. The second-order valence-electron chi connectivity index (χ2n) is 7.10. The normalized spacial score (nSPS) is 10.8. The molecule has 0 atom stereocenters. The van der Waals surface area contributed by atoms with Gasteiger partial charge < -0.3 is 20.5 Å². The minimum absolute atomic E-state index is 0.241. The van der Waals surface area contributed by atoms with Crippen molar-refractivity contribution in [3.63, 3.8) is 0 Å². The molecular weight excluding hydrogens is 429 g/mol. The number of benzene rings is 2. The number of anilines is 1. The van der Waals surface area contributed by atoms with E-state index in [-0.39, 0.29) is 11.7 Å². The van der Waals surface area contributed by atoms with Gasteiger partial charge in [-0.2, -0.15) is 0 Å². The Bertz CT molecular complexity index is 1270. The van der Waals surface area contributed by atoms with Gasteiger partial charge >= 0.3 is 0 Å². The second kappa shape index (κ2) is 9.23. The number of fused-ring (bicyclic) bond motifs is 1. The molecule has 4 rings (SSSR count). The fourth-order valence-electron chi connectivity index (χ4n) is 3.38. The highest BCUT2D eigenvalue weighted by molar-refractivity contribution is 7.21. The summed E-state index contributed by atoms with van der Waals surface area (Å²) in [5.74, 6) is 0.760. The van der Waals surface area contributed by atoms with Gasteiger partial charge in [0.05, 0.1) is 25.6 Å². The molecule has 164 valence electrons. The molecule has 0 bridgehead atoms. The lowest BCUT2D eigenvalue weighted by Gasteiger charge is -2.10. The number of pyridine rings is 1. The number of nitrogens with one attached hydrogen (secondary N) is 1. The van der Waals surface area contributed by atoms with Gasteiger partial charge in [0.25, 0.3) is 5.91 Å². The van der Waals surface area contributed by atoms with Crippen molar-refractivity contribution in [2.75, 3.05) is 26.5 Å². The van der Waals surface area contributed by atoms with Gasteiger partial charge in [-0.3, -0.25) is 4.79 Å². The number of methoxy groups -OCH3 is 2. The maximum absolute atomic E-state index is 13.2. The largest absolute Gasteiger partial charge is 0.493 e. The van der Waals surface area contributed by atoms with E-state index in [9.17, 15) is 9.18 Å². The molecule has 0 saturated heterocycles. The van der Waals surface area contributed by atoms with Crippen LogP contribution in [-0.2, 0) is 6.42 Å². The van der Waals surface area contributed by atoms with E-state index < -0.39 is 0 Å². The summed E-state index contributed by atoms with van der Waals surface area (Å²) < 4.78 is 23.8. The van der Waals surface area contributed by atoms with Gasteiger partial charge in [-0.15, -0.1) is 11.3 Å². The van der Waals surface area contributed by atoms with E-state index >= 15 is 0 Å². The van der Waals surface area contributed by atoms with E-state index in [1.165, 1.54) is 23.5 Å². The molecule has 0 spiro atoms. The van der Waals surface area contributed by atoms with Crippen molar-refractivity contribution in [3.8, 4) is 22.8 Å². The molecule has 0 aliphatic heterocycles.